The Morgan fingerprint density at radius 3 is 2.75 bits per heavy atom. The molecule has 0 radical (unpaired) electrons. The number of hydrogen-bond acceptors (Lipinski definition) is 5. The van der Waals surface area contributed by atoms with Crippen molar-refractivity contribution < 1.29 is 19.0 Å². The fourth-order valence-electron chi connectivity index (χ4n) is 2.75. The molecule has 0 saturated heterocycles. The molecule has 5 heteroatoms. The molecule has 0 amide bonds. The summed E-state index contributed by atoms with van der Waals surface area (Å²) in [7, 11) is 1.45. The van der Waals surface area contributed by atoms with Gasteiger partial charge in [0, 0.05) is 6.07 Å². The summed E-state index contributed by atoms with van der Waals surface area (Å²) in [5.41, 5.74) is 3.07. The number of nitrogens with zero attached hydrogens (tertiary/aromatic N) is 1. The predicted molar refractivity (Wildman–Crippen MR) is 87.3 cm³/mol. The minimum Gasteiger partial charge on any atom is -0.493 e. The molecule has 0 N–H and O–H groups in total. The van der Waals surface area contributed by atoms with Crippen LogP contribution in [0.5, 0.6) is 17.2 Å². The Kier molecular flexibility index (Phi) is 4.66. The lowest BCUT2D eigenvalue weighted by Crippen LogP contribution is -2.18. The van der Waals surface area contributed by atoms with Gasteiger partial charge in [0.2, 0.25) is 0 Å². The van der Waals surface area contributed by atoms with Crippen molar-refractivity contribution in [3.8, 4) is 23.3 Å². The molecule has 2 aromatic carbocycles. The molecule has 0 fully saturated rings. The molecule has 3 rings (SSSR count). The average Bonchev–Trinajstić information content (AvgIpc) is 3.08. The van der Waals surface area contributed by atoms with E-state index in [0.717, 1.165) is 12.8 Å². The van der Waals surface area contributed by atoms with E-state index in [4.69, 9.17) is 19.5 Å². The van der Waals surface area contributed by atoms with Gasteiger partial charge in [0.1, 0.15) is 5.75 Å². The van der Waals surface area contributed by atoms with Crippen LogP contribution in [0.25, 0.3) is 0 Å². The number of fused-ring (bicyclic) bond motifs is 1. The van der Waals surface area contributed by atoms with E-state index in [0.29, 0.717) is 17.1 Å². The maximum Gasteiger partial charge on any atom is 0.349 e. The van der Waals surface area contributed by atoms with E-state index < -0.39 is 5.97 Å². The monoisotopic (exact) mass is 323 g/mol. The number of nitriles is 1. The van der Waals surface area contributed by atoms with Crippen molar-refractivity contribution in [3.63, 3.8) is 0 Å². The van der Waals surface area contributed by atoms with Gasteiger partial charge in [0.15, 0.2) is 18.1 Å². The highest BCUT2D eigenvalue weighted by Crippen LogP contribution is 2.28. The fraction of sp³-hybridized carbons (Fsp3) is 0.263. The largest absolute Gasteiger partial charge is 0.493 e. The first-order chi connectivity index (χ1) is 11.7. The van der Waals surface area contributed by atoms with Gasteiger partial charge in [-0.3, -0.25) is 0 Å². The molecule has 0 aliphatic heterocycles. The Balaban J connectivity index is 1.61. The molecule has 0 heterocycles. The van der Waals surface area contributed by atoms with Crippen LogP contribution in [-0.4, -0.2) is 19.7 Å². The minimum absolute atomic E-state index is 0.193. The number of aryl methyl sites for hydroxylation is 2. The van der Waals surface area contributed by atoms with Gasteiger partial charge in [-0.1, -0.05) is 6.07 Å². The predicted octanol–water partition coefficient (Wildman–Crippen LogP) is 3.04. The van der Waals surface area contributed by atoms with Crippen LogP contribution in [0.4, 0.5) is 0 Å². The topological polar surface area (TPSA) is 68.5 Å². The summed E-state index contributed by atoms with van der Waals surface area (Å²) in [4.78, 5) is 12.0. The lowest BCUT2D eigenvalue weighted by Gasteiger charge is -2.10. The SMILES string of the molecule is COc1cc(C#N)ccc1OC(=O)COc1ccc2c(c1)CCC2. The Hall–Kier alpha value is -3.00. The van der Waals surface area contributed by atoms with Crippen LogP contribution in [0.1, 0.15) is 23.1 Å². The van der Waals surface area contributed by atoms with E-state index in [2.05, 4.69) is 0 Å². The number of benzene rings is 2. The van der Waals surface area contributed by atoms with Crippen LogP contribution in [0.2, 0.25) is 0 Å². The van der Waals surface area contributed by atoms with Crippen molar-refractivity contribution in [3.05, 3.63) is 53.1 Å². The second-order valence-electron chi connectivity index (χ2n) is 5.52. The summed E-state index contributed by atoms with van der Waals surface area (Å²) >= 11 is 0. The molecule has 1 aliphatic carbocycles. The van der Waals surface area contributed by atoms with Crippen molar-refractivity contribution in [1.29, 1.82) is 5.26 Å². The van der Waals surface area contributed by atoms with Gasteiger partial charge in [-0.25, -0.2) is 4.79 Å². The van der Waals surface area contributed by atoms with Gasteiger partial charge in [-0.2, -0.15) is 5.26 Å². The number of rotatable bonds is 5. The van der Waals surface area contributed by atoms with E-state index in [9.17, 15) is 4.79 Å². The maximum absolute atomic E-state index is 12.0. The van der Waals surface area contributed by atoms with Crippen molar-refractivity contribution in [2.45, 2.75) is 19.3 Å². The molecule has 0 atom stereocenters. The Labute approximate surface area is 140 Å². The highest BCUT2D eigenvalue weighted by atomic mass is 16.6. The molecule has 0 unspecified atom stereocenters. The van der Waals surface area contributed by atoms with E-state index in [1.54, 1.807) is 6.07 Å². The number of hydrogen-bond donors (Lipinski definition) is 0. The van der Waals surface area contributed by atoms with Crippen molar-refractivity contribution in [2.75, 3.05) is 13.7 Å². The van der Waals surface area contributed by atoms with Crippen LogP contribution >= 0.6 is 0 Å². The number of ether oxygens (including phenoxy) is 3. The third kappa shape index (κ3) is 3.49. The zero-order valence-electron chi connectivity index (χ0n) is 13.4. The van der Waals surface area contributed by atoms with E-state index in [1.165, 1.54) is 36.8 Å². The Morgan fingerprint density at radius 1 is 1.12 bits per heavy atom. The number of carbonyl (C=O) groups is 1. The first-order valence-corrected chi connectivity index (χ1v) is 7.73. The average molecular weight is 323 g/mol. The number of carbonyl (C=O) groups excluding carboxylic acids is 1. The molecule has 0 saturated carbocycles. The number of esters is 1. The van der Waals surface area contributed by atoms with Gasteiger partial charge in [-0.15, -0.1) is 0 Å². The second kappa shape index (κ2) is 7.05. The lowest BCUT2D eigenvalue weighted by molar-refractivity contribution is -0.136. The summed E-state index contributed by atoms with van der Waals surface area (Å²) in [5, 5.41) is 8.87. The molecule has 1 aliphatic rings. The van der Waals surface area contributed by atoms with E-state index in [-0.39, 0.29) is 12.4 Å². The molecule has 24 heavy (non-hydrogen) atoms. The van der Waals surface area contributed by atoms with Crippen molar-refractivity contribution in [1.82, 2.24) is 0 Å². The zero-order chi connectivity index (χ0) is 16.9. The molecule has 0 spiro atoms. The smallest absolute Gasteiger partial charge is 0.349 e. The van der Waals surface area contributed by atoms with Crippen molar-refractivity contribution in [2.24, 2.45) is 0 Å². The normalized spacial score (nSPS) is 12.2. The Bertz CT molecular complexity index is 807. The summed E-state index contributed by atoms with van der Waals surface area (Å²) in [6.07, 6.45) is 3.33. The maximum atomic E-state index is 12.0. The van der Waals surface area contributed by atoms with Gasteiger partial charge >= 0.3 is 5.97 Å². The zero-order valence-corrected chi connectivity index (χ0v) is 13.4. The highest BCUT2D eigenvalue weighted by molar-refractivity contribution is 5.75. The van der Waals surface area contributed by atoms with Gasteiger partial charge in [0.05, 0.1) is 18.7 Å². The second-order valence-corrected chi connectivity index (χ2v) is 5.52. The van der Waals surface area contributed by atoms with Crippen molar-refractivity contribution >= 4 is 5.97 Å². The summed E-state index contributed by atoms with van der Waals surface area (Å²) in [6.45, 7) is -0.193. The van der Waals surface area contributed by atoms with Crippen LogP contribution < -0.4 is 14.2 Å². The van der Waals surface area contributed by atoms with Crippen LogP contribution in [0.3, 0.4) is 0 Å². The van der Waals surface area contributed by atoms with E-state index in [1.807, 2.05) is 24.3 Å². The molecule has 0 aromatic heterocycles. The summed E-state index contributed by atoms with van der Waals surface area (Å²) < 4.78 is 15.9. The lowest BCUT2D eigenvalue weighted by atomic mass is 10.1. The highest BCUT2D eigenvalue weighted by Gasteiger charge is 2.14. The van der Waals surface area contributed by atoms with Crippen LogP contribution in [-0.2, 0) is 17.6 Å². The molecule has 122 valence electrons. The van der Waals surface area contributed by atoms with Gasteiger partial charge < -0.3 is 14.2 Å². The molecular weight excluding hydrogens is 306 g/mol. The number of methoxy groups -OCH3 is 1. The molecular formula is C19H17NO4. The first-order valence-electron chi connectivity index (χ1n) is 7.73. The van der Waals surface area contributed by atoms with E-state index >= 15 is 0 Å². The summed E-state index contributed by atoms with van der Waals surface area (Å²) in [5.74, 6) is 0.733. The quantitative estimate of drug-likeness (QED) is 0.625. The third-order valence-corrected chi connectivity index (χ3v) is 3.94. The van der Waals surface area contributed by atoms with Gasteiger partial charge in [0.25, 0.3) is 0 Å². The van der Waals surface area contributed by atoms with Gasteiger partial charge in [-0.05, 0) is 54.7 Å². The first kappa shape index (κ1) is 15.9. The molecule has 2 aromatic rings. The van der Waals surface area contributed by atoms with Crippen LogP contribution in [0.15, 0.2) is 36.4 Å². The Morgan fingerprint density at radius 2 is 1.96 bits per heavy atom. The molecule has 5 nitrogen and oxygen atoms in total. The molecule has 0 bridgehead atoms. The fourth-order valence-corrected chi connectivity index (χ4v) is 2.75. The standard InChI is InChI=1S/C19H17NO4/c1-22-18-9-13(11-20)5-8-17(18)24-19(21)12-23-16-7-6-14-3-2-4-15(14)10-16/h5-10H,2-4,12H2,1H3. The minimum atomic E-state index is -0.529. The third-order valence-electron chi connectivity index (χ3n) is 3.94. The summed E-state index contributed by atoms with van der Waals surface area (Å²) in [6, 6.07) is 12.5. The van der Waals surface area contributed by atoms with Crippen LogP contribution in [0, 0.1) is 11.3 Å².